The number of carbonyl (C=O) groups excluding carboxylic acids is 1. The zero-order valence-electron chi connectivity index (χ0n) is 11.6. The van der Waals surface area contributed by atoms with Crippen molar-refractivity contribution in [3.8, 4) is 0 Å². The Balaban J connectivity index is 1.94. The van der Waals surface area contributed by atoms with Gasteiger partial charge in [-0.25, -0.2) is 4.98 Å². The van der Waals surface area contributed by atoms with Gasteiger partial charge in [0.15, 0.2) is 4.34 Å². The van der Waals surface area contributed by atoms with Gasteiger partial charge in [0.25, 0.3) is 0 Å². The van der Waals surface area contributed by atoms with Gasteiger partial charge in [-0.2, -0.15) is 0 Å². The molecular weight excluding hydrogens is 312 g/mol. The average Bonchev–Trinajstić information content (AvgIpc) is 2.78. The Bertz CT molecular complexity index is 612. The van der Waals surface area contributed by atoms with Gasteiger partial charge in [-0.3, -0.25) is 4.79 Å². The first-order valence-corrected chi connectivity index (χ1v) is 8.62. The van der Waals surface area contributed by atoms with E-state index in [1.807, 2.05) is 25.1 Å². The Labute approximate surface area is 132 Å². The van der Waals surface area contributed by atoms with E-state index in [0.29, 0.717) is 16.7 Å². The normalized spacial score (nSPS) is 12.8. The van der Waals surface area contributed by atoms with Crippen molar-refractivity contribution >= 4 is 50.8 Å². The molecule has 0 fully saturated rings. The molecule has 2 rings (SSSR count). The van der Waals surface area contributed by atoms with Gasteiger partial charge in [-0.05, 0) is 31.0 Å². The third kappa shape index (κ3) is 4.11. The molecule has 6 heteroatoms. The van der Waals surface area contributed by atoms with Crippen LogP contribution in [-0.2, 0) is 4.79 Å². The third-order valence-electron chi connectivity index (χ3n) is 3.05. The summed E-state index contributed by atoms with van der Waals surface area (Å²) in [6, 6.07) is 5.85. The van der Waals surface area contributed by atoms with Crippen molar-refractivity contribution in [2.75, 3.05) is 5.75 Å². The van der Waals surface area contributed by atoms with Crippen LogP contribution < -0.4 is 5.32 Å². The number of nitrogens with one attached hydrogen (secondary N) is 1. The number of benzene rings is 1. The van der Waals surface area contributed by atoms with Gasteiger partial charge in [0.05, 0.1) is 16.0 Å². The molecule has 0 aliphatic heterocycles. The maximum absolute atomic E-state index is 11.8. The van der Waals surface area contributed by atoms with Gasteiger partial charge >= 0.3 is 0 Å². The Morgan fingerprint density at radius 1 is 1.45 bits per heavy atom. The molecule has 1 amide bonds. The number of halogens is 1. The monoisotopic (exact) mass is 328 g/mol. The van der Waals surface area contributed by atoms with Crippen molar-refractivity contribution in [3.05, 3.63) is 23.2 Å². The summed E-state index contributed by atoms with van der Waals surface area (Å²) in [6.07, 6.45) is 0. The highest BCUT2D eigenvalue weighted by Crippen LogP contribution is 2.30. The predicted molar refractivity (Wildman–Crippen MR) is 87.8 cm³/mol. The summed E-state index contributed by atoms with van der Waals surface area (Å²) in [5.74, 6) is 0.881. The second kappa shape index (κ2) is 6.78. The quantitative estimate of drug-likeness (QED) is 0.836. The molecule has 0 aliphatic carbocycles. The molecule has 0 radical (unpaired) electrons. The number of thioether (sulfide) groups is 1. The van der Waals surface area contributed by atoms with Gasteiger partial charge in [-0.1, -0.05) is 37.2 Å². The summed E-state index contributed by atoms with van der Waals surface area (Å²) in [5, 5.41) is 3.67. The molecule has 1 heterocycles. The first kappa shape index (κ1) is 15.6. The van der Waals surface area contributed by atoms with Crippen LogP contribution in [0.4, 0.5) is 0 Å². The van der Waals surface area contributed by atoms with Crippen molar-refractivity contribution in [1.29, 1.82) is 0 Å². The molecule has 0 saturated carbocycles. The standard InChI is InChI=1S/C14H17ClN2OS2/c1-8(2)9(3)16-13(18)7-19-14-17-11-6-10(15)4-5-12(11)20-14/h4-6,8-9H,7H2,1-3H3,(H,16,18)/t9-/m0/s1. The minimum absolute atomic E-state index is 0.0495. The molecule has 3 nitrogen and oxygen atoms in total. The zero-order valence-corrected chi connectivity index (χ0v) is 14.0. The number of rotatable bonds is 5. The number of aromatic nitrogens is 1. The highest BCUT2D eigenvalue weighted by Gasteiger charge is 2.12. The van der Waals surface area contributed by atoms with Crippen LogP contribution in [0.15, 0.2) is 22.5 Å². The van der Waals surface area contributed by atoms with Crippen molar-refractivity contribution in [2.45, 2.75) is 31.2 Å². The lowest BCUT2D eigenvalue weighted by Crippen LogP contribution is -2.37. The van der Waals surface area contributed by atoms with Crippen LogP contribution in [0.25, 0.3) is 10.2 Å². The molecule has 1 aromatic heterocycles. The van der Waals surface area contributed by atoms with E-state index in [0.717, 1.165) is 14.6 Å². The van der Waals surface area contributed by atoms with Crippen LogP contribution in [-0.4, -0.2) is 22.7 Å². The number of thiazole rings is 1. The zero-order chi connectivity index (χ0) is 14.7. The van der Waals surface area contributed by atoms with Crippen LogP contribution in [0.1, 0.15) is 20.8 Å². The summed E-state index contributed by atoms with van der Waals surface area (Å²) in [6.45, 7) is 6.21. The molecule has 1 atom stereocenters. The predicted octanol–water partition coefficient (Wildman–Crippen LogP) is 4.20. The Morgan fingerprint density at radius 2 is 2.20 bits per heavy atom. The van der Waals surface area contributed by atoms with E-state index in [1.54, 1.807) is 11.3 Å². The van der Waals surface area contributed by atoms with E-state index in [1.165, 1.54) is 11.8 Å². The van der Waals surface area contributed by atoms with Gasteiger partial charge in [0.1, 0.15) is 0 Å². The fourth-order valence-electron chi connectivity index (χ4n) is 1.53. The van der Waals surface area contributed by atoms with Crippen molar-refractivity contribution < 1.29 is 4.79 Å². The van der Waals surface area contributed by atoms with Crippen molar-refractivity contribution in [3.63, 3.8) is 0 Å². The lowest BCUT2D eigenvalue weighted by molar-refractivity contribution is -0.119. The molecule has 0 saturated heterocycles. The summed E-state index contributed by atoms with van der Waals surface area (Å²) in [4.78, 5) is 16.3. The largest absolute Gasteiger partial charge is 0.353 e. The number of amides is 1. The van der Waals surface area contributed by atoms with Crippen LogP contribution >= 0.6 is 34.7 Å². The maximum atomic E-state index is 11.8. The third-order valence-corrected chi connectivity index (χ3v) is 5.46. The van der Waals surface area contributed by atoms with Gasteiger partial charge in [-0.15, -0.1) is 11.3 Å². The number of fused-ring (bicyclic) bond motifs is 1. The first-order valence-electron chi connectivity index (χ1n) is 6.44. The fourth-order valence-corrected chi connectivity index (χ4v) is 3.56. The van der Waals surface area contributed by atoms with E-state index in [2.05, 4.69) is 24.1 Å². The maximum Gasteiger partial charge on any atom is 0.230 e. The molecule has 20 heavy (non-hydrogen) atoms. The van der Waals surface area contributed by atoms with E-state index < -0.39 is 0 Å². The molecule has 0 spiro atoms. The SMILES string of the molecule is CC(C)[C@H](C)NC(=O)CSc1nc2cc(Cl)ccc2s1. The fraction of sp³-hybridized carbons (Fsp3) is 0.429. The van der Waals surface area contributed by atoms with Gasteiger partial charge < -0.3 is 5.32 Å². The van der Waals surface area contributed by atoms with Crippen molar-refractivity contribution in [1.82, 2.24) is 10.3 Å². The number of nitrogens with zero attached hydrogens (tertiary/aromatic N) is 1. The average molecular weight is 329 g/mol. The molecular formula is C14H17ClN2OS2. The lowest BCUT2D eigenvalue weighted by atomic mass is 10.1. The number of carbonyl (C=O) groups is 1. The molecule has 0 aliphatic rings. The molecule has 0 bridgehead atoms. The van der Waals surface area contributed by atoms with E-state index in [4.69, 9.17) is 11.6 Å². The second-order valence-corrected chi connectivity index (χ2v) is 7.67. The second-order valence-electron chi connectivity index (χ2n) is 4.98. The van der Waals surface area contributed by atoms with E-state index >= 15 is 0 Å². The summed E-state index contributed by atoms with van der Waals surface area (Å²) >= 11 is 8.99. The first-order chi connectivity index (χ1) is 9.45. The van der Waals surface area contributed by atoms with Crippen LogP contribution in [0.3, 0.4) is 0 Å². The number of hydrogen-bond donors (Lipinski definition) is 1. The minimum atomic E-state index is 0.0495. The smallest absolute Gasteiger partial charge is 0.230 e. The molecule has 2 aromatic rings. The Morgan fingerprint density at radius 3 is 2.90 bits per heavy atom. The number of hydrogen-bond acceptors (Lipinski definition) is 4. The van der Waals surface area contributed by atoms with Crippen LogP contribution in [0, 0.1) is 5.92 Å². The van der Waals surface area contributed by atoms with Crippen LogP contribution in [0.5, 0.6) is 0 Å². The van der Waals surface area contributed by atoms with Gasteiger partial charge in [0, 0.05) is 11.1 Å². The van der Waals surface area contributed by atoms with Crippen molar-refractivity contribution in [2.24, 2.45) is 5.92 Å². The van der Waals surface area contributed by atoms with Gasteiger partial charge in [0.2, 0.25) is 5.91 Å². The summed E-state index contributed by atoms with van der Waals surface area (Å²) < 4.78 is 1.99. The molecule has 1 aromatic carbocycles. The Hall–Kier alpha value is -0.780. The minimum Gasteiger partial charge on any atom is -0.353 e. The Kier molecular flexibility index (Phi) is 5.29. The summed E-state index contributed by atoms with van der Waals surface area (Å²) in [5.41, 5.74) is 0.890. The highest BCUT2D eigenvalue weighted by atomic mass is 35.5. The lowest BCUT2D eigenvalue weighted by Gasteiger charge is -2.16. The highest BCUT2D eigenvalue weighted by molar-refractivity contribution is 8.01. The topological polar surface area (TPSA) is 42.0 Å². The molecule has 108 valence electrons. The molecule has 0 unspecified atom stereocenters. The summed E-state index contributed by atoms with van der Waals surface area (Å²) in [7, 11) is 0. The molecule has 1 N–H and O–H groups in total. The van der Waals surface area contributed by atoms with E-state index in [9.17, 15) is 4.79 Å². The van der Waals surface area contributed by atoms with Crippen LogP contribution in [0.2, 0.25) is 5.02 Å². The van der Waals surface area contributed by atoms with E-state index in [-0.39, 0.29) is 11.9 Å².